The van der Waals surface area contributed by atoms with Gasteiger partial charge in [-0.15, -0.1) is 11.8 Å². The highest BCUT2D eigenvalue weighted by Crippen LogP contribution is 2.22. The summed E-state index contributed by atoms with van der Waals surface area (Å²) in [6.45, 7) is 5.89. The summed E-state index contributed by atoms with van der Waals surface area (Å²) in [5.74, 6) is 1.34. The van der Waals surface area contributed by atoms with Gasteiger partial charge in [-0.2, -0.15) is 0 Å². The van der Waals surface area contributed by atoms with E-state index in [-0.39, 0.29) is 23.6 Å². The number of nitrogens with zero attached hydrogens (tertiary/aromatic N) is 1. The lowest BCUT2D eigenvalue weighted by Gasteiger charge is -2.29. The van der Waals surface area contributed by atoms with Crippen molar-refractivity contribution in [1.82, 2.24) is 10.2 Å². The maximum absolute atomic E-state index is 13.1. The number of methoxy groups -OCH3 is 1. The Morgan fingerprint density at radius 3 is 2.53 bits per heavy atom. The molecule has 0 unspecified atom stereocenters. The van der Waals surface area contributed by atoms with Gasteiger partial charge in [0.2, 0.25) is 11.8 Å². The number of benzene rings is 2. The number of rotatable bonds is 10. The molecule has 1 N–H and O–H groups in total. The molecule has 2 amide bonds. The topological polar surface area (TPSA) is 58.6 Å². The SMILES string of the molecule is COc1cccc(CN(C(=O)CSCc2ccccc2Cl)[C@H](C)C(=O)NC(C)C)c1. The molecule has 1 atom stereocenters. The third-order valence-electron chi connectivity index (χ3n) is 4.53. The lowest BCUT2D eigenvalue weighted by Crippen LogP contribution is -2.49. The van der Waals surface area contributed by atoms with Crippen LogP contribution in [-0.2, 0) is 21.9 Å². The fraction of sp³-hybridized carbons (Fsp3) is 0.391. The zero-order chi connectivity index (χ0) is 22.1. The van der Waals surface area contributed by atoms with Crippen LogP contribution < -0.4 is 10.1 Å². The first kappa shape index (κ1) is 24.1. The van der Waals surface area contributed by atoms with Crippen LogP contribution >= 0.6 is 23.4 Å². The molecule has 0 spiro atoms. The van der Waals surface area contributed by atoms with Gasteiger partial charge in [-0.1, -0.05) is 41.9 Å². The highest BCUT2D eigenvalue weighted by molar-refractivity contribution is 7.99. The van der Waals surface area contributed by atoms with Gasteiger partial charge in [0.05, 0.1) is 12.9 Å². The number of hydrogen-bond donors (Lipinski definition) is 1. The van der Waals surface area contributed by atoms with Crippen LogP contribution in [0.15, 0.2) is 48.5 Å². The second-order valence-corrected chi connectivity index (χ2v) is 8.69. The van der Waals surface area contributed by atoms with Crippen molar-refractivity contribution in [3.8, 4) is 5.75 Å². The normalized spacial score (nSPS) is 11.8. The minimum atomic E-state index is -0.591. The van der Waals surface area contributed by atoms with Gasteiger partial charge < -0.3 is 15.0 Å². The van der Waals surface area contributed by atoms with Crippen LogP contribution in [0, 0.1) is 0 Å². The van der Waals surface area contributed by atoms with Gasteiger partial charge in [0.25, 0.3) is 0 Å². The number of amides is 2. The standard InChI is InChI=1S/C23H29ClN2O3S/c1-16(2)25-23(28)17(3)26(13-18-8-7-10-20(12-18)29-4)22(27)15-30-14-19-9-5-6-11-21(19)24/h5-12,16-17H,13-15H2,1-4H3,(H,25,28)/t17-/m1/s1. The first-order valence-corrected chi connectivity index (χ1v) is 11.4. The van der Waals surface area contributed by atoms with Crippen molar-refractivity contribution in [2.75, 3.05) is 12.9 Å². The Hall–Kier alpha value is -2.18. The fourth-order valence-corrected chi connectivity index (χ4v) is 4.10. The van der Waals surface area contributed by atoms with E-state index < -0.39 is 6.04 Å². The van der Waals surface area contributed by atoms with Crippen molar-refractivity contribution in [3.63, 3.8) is 0 Å². The molecule has 2 aromatic rings. The molecule has 2 aromatic carbocycles. The average Bonchev–Trinajstić information content (AvgIpc) is 2.72. The van der Waals surface area contributed by atoms with E-state index in [2.05, 4.69) is 5.32 Å². The molecule has 0 radical (unpaired) electrons. The molecular formula is C23H29ClN2O3S. The number of nitrogens with one attached hydrogen (secondary N) is 1. The number of carbonyl (C=O) groups is 2. The van der Waals surface area contributed by atoms with Crippen LogP contribution in [0.5, 0.6) is 5.75 Å². The van der Waals surface area contributed by atoms with Crippen molar-refractivity contribution < 1.29 is 14.3 Å². The Labute approximate surface area is 188 Å². The third-order valence-corrected chi connectivity index (χ3v) is 5.86. The molecule has 162 valence electrons. The molecule has 0 bridgehead atoms. The van der Waals surface area contributed by atoms with Crippen molar-refractivity contribution in [3.05, 3.63) is 64.7 Å². The molecule has 0 aliphatic carbocycles. The summed E-state index contributed by atoms with van der Waals surface area (Å²) in [4.78, 5) is 27.3. The van der Waals surface area contributed by atoms with Crippen LogP contribution in [0.2, 0.25) is 5.02 Å². The molecule has 0 saturated heterocycles. The molecule has 0 fully saturated rings. The predicted octanol–water partition coefficient (Wildman–Crippen LogP) is 4.52. The second kappa shape index (κ2) is 11.9. The summed E-state index contributed by atoms with van der Waals surface area (Å²) in [6.07, 6.45) is 0. The molecule has 0 aliphatic heterocycles. The Balaban J connectivity index is 2.11. The Kier molecular flexibility index (Phi) is 9.53. The van der Waals surface area contributed by atoms with E-state index in [4.69, 9.17) is 16.3 Å². The monoisotopic (exact) mass is 448 g/mol. The summed E-state index contributed by atoms with van der Waals surface area (Å²) >= 11 is 7.69. The van der Waals surface area contributed by atoms with E-state index in [9.17, 15) is 9.59 Å². The molecule has 2 rings (SSSR count). The number of hydrogen-bond acceptors (Lipinski definition) is 4. The quantitative estimate of drug-likeness (QED) is 0.580. The second-order valence-electron chi connectivity index (χ2n) is 7.30. The summed E-state index contributed by atoms with van der Waals surface area (Å²) < 4.78 is 5.28. The van der Waals surface area contributed by atoms with E-state index in [0.717, 1.165) is 11.1 Å². The molecule has 0 heterocycles. The van der Waals surface area contributed by atoms with Gasteiger partial charge >= 0.3 is 0 Å². The van der Waals surface area contributed by atoms with Crippen molar-refractivity contribution >= 4 is 35.2 Å². The van der Waals surface area contributed by atoms with Crippen molar-refractivity contribution in [2.45, 2.75) is 45.2 Å². The number of halogens is 1. The summed E-state index contributed by atoms with van der Waals surface area (Å²) in [7, 11) is 1.60. The Morgan fingerprint density at radius 2 is 1.87 bits per heavy atom. The molecule has 0 aromatic heterocycles. The highest BCUT2D eigenvalue weighted by Gasteiger charge is 2.26. The molecular weight excluding hydrogens is 420 g/mol. The smallest absolute Gasteiger partial charge is 0.242 e. The third kappa shape index (κ3) is 7.26. The van der Waals surface area contributed by atoms with Gasteiger partial charge in [0.1, 0.15) is 11.8 Å². The molecule has 0 saturated carbocycles. The van der Waals surface area contributed by atoms with Gasteiger partial charge in [-0.3, -0.25) is 9.59 Å². The van der Waals surface area contributed by atoms with Crippen molar-refractivity contribution in [2.24, 2.45) is 0 Å². The highest BCUT2D eigenvalue weighted by atomic mass is 35.5. The molecule has 30 heavy (non-hydrogen) atoms. The fourth-order valence-electron chi connectivity index (χ4n) is 2.90. The Bertz CT molecular complexity index is 860. The molecule has 7 heteroatoms. The maximum Gasteiger partial charge on any atom is 0.242 e. The summed E-state index contributed by atoms with van der Waals surface area (Å²) in [5, 5.41) is 3.58. The number of ether oxygens (including phenoxy) is 1. The first-order valence-electron chi connectivity index (χ1n) is 9.85. The molecule has 5 nitrogen and oxygen atoms in total. The largest absolute Gasteiger partial charge is 0.497 e. The van der Waals surface area contributed by atoms with Crippen LogP contribution in [-0.4, -0.2) is 41.7 Å². The summed E-state index contributed by atoms with van der Waals surface area (Å²) in [6, 6.07) is 14.5. The molecule has 0 aliphatic rings. The van der Waals surface area contributed by atoms with Gasteiger partial charge in [0.15, 0.2) is 0 Å². The van der Waals surface area contributed by atoms with E-state index in [0.29, 0.717) is 23.1 Å². The van der Waals surface area contributed by atoms with Crippen LogP contribution in [0.25, 0.3) is 0 Å². The Morgan fingerprint density at radius 1 is 1.13 bits per heavy atom. The summed E-state index contributed by atoms with van der Waals surface area (Å²) in [5.41, 5.74) is 1.89. The van der Waals surface area contributed by atoms with Crippen LogP contribution in [0.1, 0.15) is 31.9 Å². The van der Waals surface area contributed by atoms with E-state index >= 15 is 0 Å². The first-order chi connectivity index (χ1) is 14.3. The maximum atomic E-state index is 13.1. The van der Waals surface area contributed by atoms with Gasteiger partial charge in [0, 0.05) is 23.4 Å². The van der Waals surface area contributed by atoms with E-state index in [1.54, 1.807) is 18.9 Å². The van der Waals surface area contributed by atoms with Gasteiger partial charge in [-0.05, 0) is 50.1 Å². The zero-order valence-corrected chi connectivity index (χ0v) is 19.4. The van der Waals surface area contributed by atoms with Crippen LogP contribution in [0.4, 0.5) is 0 Å². The van der Waals surface area contributed by atoms with E-state index in [1.807, 2.05) is 62.4 Å². The predicted molar refractivity (Wildman–Crippen MR) is 124 cm³/mol. The van der Waals surface area contributed by atoms with Gasteiger partial charge in [-0.25, -0.2) is 0 Å². The minimum Gasteiger partial charge on any atom is -0.497 e. The average molecular weight is 449 g/mol. The van der Waals surface area contributed by atoms with E-state index in [1.165, 1.54) is 11.8 Å². The zero-order valence-electron chi connectivity index (χ0n) is 17.9. The van der Waals surface area contributed by atoms with Crippen LogP contribution in [0.3, 0.4) is 0 Å². The number of thioether (sulfide) groups is 1. The number of carbonyl (C=O) groups excluding carboxylic acids is 2. The van der Waals surface area contributed by atoms with Crippen molar-refractivity contribution in [1.29, 1.82) is 0 Å². The lowest BCUT2D eigenvalue weighted by molar-refractivity contribution is -0.138. The minimum absolute atomic E-state index is 0.00307. The lowest BCUT2D eigenvalue weighted by atomic mass is 10.1.